The molecule has 0 saturated heterocycles. The van der Waals surface area contributed by atoms with Crippen LogP contribution in [0.2, 0.25) is 0 Å². The maximum atomic E-state index is 13.3. The molecule has 0 spiro atoms. The zero-order valence-corrected chi connectivity index (χ0v) is 16.6. The highest BCUT2D eigenvalue weighted by Crippen LogP contribution is 2.31. The number of carbonyl (C=O) groups excluding carboxylic acids is 1. The van der Waals surface area contributed by atoms with E-state index < -0.39 is 16.4 Å². The molecule has 0 aliphatic heterocycles. The molecule has 0 bridgehead atoms. The second kappa shape index (κ2) is 9.09. The summed E-state index contributed by atoms with van der Waals surface area (Å²) in [6.07, 6.45) is 1.27. The lowest BCUT2D eigenvalue weighted by Gasteiger charge is -2.08. The minimum absolute atomic E-state index is 0.0104. The lowest BCUT2D eigenvalue weighted by molar-refractivity contribution is -0.384. The molecule has 0 aliphatic rings. The van der Waals surface area contributed by atoms with Crippen LogP contribution in [-0.2, 0) is 4.79 Å². The summed E-state index contributed by atoms with van der Waals surface area (Å²) in [5, 5.41) is 20.1. The number of nitrogens with one attached hydrogen (secondary N) is 2. The summed E-state index contributed by atoms with van der Waals surface area (Å²) >= 11 is 0. The Kier molecular flexibility index (Phi) is 5.89. The van der Waals surface area contributed by atoms with E-state index in [1.165, 1.54) is 24.4 Å². The van der Waals surface area contributed by atoms with Crippen molar-refractivity contribution >= 4 is 34.3 Å². The zero-order chi connectivity index (χ0) is 22.5. The molecule has 160 valence electrons. The highest BCUT2D eigenvalue weighted by molar-refractivity contribution is 5.95. The number of furan rings is 1. The van der Waals surface area contributed by atoms with Gasteiger partial charge in [0.1, 0.15) is 17.3 Å². The maximum Gasteiger partial charge on any atom is 0.283 e. The first-order valence-corrected chi connectivity index (χ1v) is 9.59. The van der Waals surface area contributed by atoms with Crippen LogP contribution in [-0.4, -0.2) is 23.6 Å². The maximum absolute atomic E-state index is 13.3. The van der Waals surface area contributed by atoms with Crippen molar-refractivity contribution in [2.24, 2.45) is 5.10 Å². The zero-order valence-electron chi connectivity index (χ0n) is 16.6. The molecule has 9 heteroatoms. The second-order valence-corrected chi connectivity index (χ2v) is 6.79. The molecule has 32 heavy (non-hydrogen) atoms. The van der Waals surface area contributed by atoms with E-state index in [1.807, 2.05) is 42.5 Å². The SMILES string of the molecule is O=C(CNc1cccc2ccccc12)N/N=C\c1ccc(-c2ccc(F)cc2[N+](=O)[O-])o1. The van der Waals surface area contributed by atoms with Gasteiger partial charge in [0.2, 0.25) is 0 Å². The van der Waals surface area contributed by atoms with Crippen molar-refractivity contribution < 1.29 is 18.5 Å². The molecule has 0 aliphatic carbocycles. The molecule has 0 saturated carbocycles. The van der Waals surface area contributed by atoms with Crippen molar-refractivity contribution in [2.45, 2.75) is 0 Å². The monoisotopic (exact) mass is 432 g/mol. The summed E-state index contributed by atoms with van der Waals surface area (Å²) in [6.45, 7) is 0.0104. The highest BCUT2D eigenvalue weighted by Gasteiger charge is 2.19. The first-order chi connectivity index (χ1) is 15.5. The molecule has 4 rings (SSSR count). The van der Waals surface area contributed by atoms with Gasteiger partial charge >= 0.3 is 0 Å². The summed E-state index contributed by atoms with van der Waals surface area (Å²) in [6, 6.07) is 19.9. The van der Waals surface area contributed by atoms with Crippen LogP contribution in [0.5, 0.6) is 0 Å². The van der Waals surface area contributed by atoms with Gasteiger partial charge in [-0.05, 0) is 35.7 Å². The van der Waals surface area contributed by atoms with E-state index >= 15 is 0 Å². The van der Waals surface area contributed by atoms with Gasteiger partial charge in [0.15, 0.2) is 0 Å². The molecular formula is C23H17FN4O4. The Bertz CT molecular complexity index is 1330. The van der Waals surface area contributed by atoms with Gasteiger partial charge in [-0.2, -0.15) is 5.10 Å². The van der Waals surface area contributed by atoms with E-state index in [2.05, 4.69) is 15.8 Å². The Labute approximate surface area is 181 Å². The third-order valence-electron chi connectivity index (χ3n) is 4.66. The van der Waals surface area contributed by atoms with Crippen LogP contribution in [0.1, 0.15) is 5.76 Å². The molecule has 0 radical (unpaired) electrons. The van der Waals surface area contributed by atoms with Crippen molar-refractivity contribution in [1.82, 2.24) is 5.43 Å². The number of hydrogen-bond donors (Lipinski definition) is 2. The quantitative estimate of drug-likeness (QED) is 0.250. The molecule has 0 unspecified atom stereocenters. The first kappa shape index (κ1) is 20.7. The molecule has 2 N–H and O–H groups in total. The third kappa shape index (κ3) is 4.62. The van der Waals surface area contributed by atoms with E-state index in [1.54, 1.807) is 0 Å². The summed E-state index contributed by atoms with van der Waals surface area (Å²) in [7, 11) is 0. The van der Waals surface area contributed by atoms with Crippen LogP contribution in [0.25, 0.3) is 22.1 Å². The number of amides is 1. The van der Waals surface area contributed by atoms with E-state index in [9.17, 15) is 19.3 Å². The standard InChI is InChI=1S/C23H17FN4O4/c24-16-8-10-19(21(12-16)28(30)31)22-11-9-17(32-22)13-26-27-23(29)14-25-20-7-3-5-15-4-1-2-6-18(15)20/h1-13,25H,14H2,(H,27,29)/b26-13-. The van der Waals surface area contributed by atoms with Crippen molar-refractivity contribution in [3.63, 3.8) is 0 Å². The second-order valence-electron chi connectivity index (χ2n) is 6.79. The van der Waals surface area contributed by atoms with Gasteiger partial charge in [-0.15, -0.1) is 0 Å². The van der Waals surface area contributed by atoms with E-state index in [0.717, 1.165) is 28.6 Å². The van der Waals surface area contributed by atoms with Crippen LogP contribution >= 0.6 is 0 Å². The Morgan fingerprint density at radius 3 is 2.75 bits per heavy atom. The summed E-state index contributed by atoms with van der Waals surface area (Å²) < 4.78 is 18.8. The number of hydrogen-bond acceptors (Lipinski definition) is 6. The Morgan fingerprint density at radius 1 is 1.09 bits per heavy atom. The minimum Gasteiger partial charge on any atom is -0.455 e. The van der Waals surface area contributed by atoms with Gasteiger partial charge < -0.3 is 9.73 Å². The van der Waals surface area contributed by atoms with Crippen molar-refractivity contribution in [1.29, 1.82) is 0 Å². The molecule has 1 aromatic heterocycles. The van der Waals surface area contributed by atoms with Crippen molar-refractivity contribution in [2.75, 3.05) is 11.9 Å². The van der Waals surface area contributed by atoms with E-state index in [-0.39, 0.29) is 29.5 Å². The topological polar surface area (TPSA) is 110 Å². The molecule has 3 aromatic carbocycles. The van der Waals surface area contributed by atoms with Crippen LogP contribution in [0.15, 0.2) is 82.3 Å². The number of nitro benzene ring substituents is 1. The smallest absolute Gasteiger partial charge is 0.283 e. The average molecular weight is 432 g/mol. The first-order valence-electron chi connectivity index (χ1n) is 9.59. The number of hydrazone groups is 1. The highest BCUT2D eigenvalue weighted by atomic mass is 19.1. The lowest BCUT2D eigenvalue weighted by Crippen LogP contribution is -2.25. The summed E-state index contributed by atoms with van der Waals surface area (Å²) in [4.78, 5) is 22.6. The van der Waals surface area contributed by atoms with Gasteiger partial charge in [0, 0.05) is 11.1 Å². The number of nitro groups is 1. The summed E-state index contributed by atoms with van der Waals surface area (Å²) in [5.74, 6) is -0.633. The molecule has 1 heterocycles. The number of fused-ring (bicyclic) bond motifs is 1. The van der Waals surface area contributed by atoms with Crippen LogP contribution < -0.4 is 10.7 Å². The van der Waals surface area contributed by atoms with E-state index in [0.29, 0.717) is 0 Å². The largest absolute Gasteiger partial charge is 0.455 e. The van der Waals surface area contributed by atoms with Gasteiger partial charge in [-0.3, -0.25) is 14.9 Å². The van der Waals surface area contributed by atoms with Crippen LogP contribution in [0.3, 0.4) is 0 Å². The number of benzene rings is 3. The fourth-order valence-electron chi connectivity index (χ4n) is 3.19. The molecule has 4 aromatic rings. The Balaban J connectivity index is 1.37. The minimum atomic E-state index is -0.714. The predicted octanol–water partition coefficient (Wildman–Crippen LogP) is 4.71. The van der Waals surface area contributed by atoms with Crippen LogP contribution in [0.4, 0.5) is 15.8 Å². The van der Waals surface area contributed by atoms with Crippen molar-refractivity contribution in [3.8, 4) is 11.3 Å². The number of nitrogens with zero attached hydrogens (tertiary/aromatic N) is 2. The fourth-order valence-corrected chi connectivity index (χ4v) is 3.19. The molecular weight excluding hydrogens is 415 g/mol. The van der Waals surface area contributed by atoms with Gasteiger partial charge in [0.05, 0.1) is 29.3 Å². The molecule has 1 amide bonds. The molecule has 8 nitrogen and oxygen atoms in total. The van der Waals surface area contributed by atoms with Gasteiger partial charge in [-0.1, -0.05) is 36.4 Å². The molecule has 0 fully saturated rings. The lowest BCUT2D eigenvalue weighted by atomic mass is 10.1. The van der Waals surface area contributed by atoms with Gasteiger partial charge in [0.25, 0.3) is 11.6 Å². The fraction of sp³-hybridized carbons (Fsp3) is 0.0435. The van der Waals surface area contributed by atoms with Crippen molar-refractivity contribution in [3.05, 3.63) is 94.5 Å². The Morgan fingerprint density at radius 2 is 1.91 bits per heavy atom. The molecule has 0 atom stereocenters. The number of anilines is 1. The number of carbonyl (C=O) groups is 1. The predicted molar refractivity (Wildman–Crippen MR) is 119 cm³/mol. The van der Waals surface area contributed by atoms with Gasteiger partial charge in [-0.25, -0.2) is 9.82 Å². The number of halogens is 1. The Hall–Kier alpha value is -4.53. The van der Waals surface area contributed by atoms with Crippen LogP contribution in [0, 0.1) is 15.9 Å². The van der Waals surface area contributed by atoms with E-state index in [4.69, 9.17) is 4.42 Å². The third-order valence-corrected chi connectivity index (χ3v) is 4.66. The summed E-state index contributed by atoms with van der Waals surface area (Å²) in [5.41, 5.74) is 2.95. The average Bonchev–Trinajstić information content (AvgIpc) is 3.26. The normalized spacial score (nSPS) is 11.0. The number of rotatable bonds is 7.